The van der Waals surface area contributed by atoms with Gasteiger partial charge in [0.15, 0.2) is 5.78 Å². The molecule has 0 saturated carbocycles. The fourth-order valence-corrected chi connectivity index (χ4v) is 8.09. The first-order valence-corrected chi connectivity index (χ1v) is 15.7. The van der Waals surface area contributed by atoms with Gasteiger partial charge in [-0.05, 0) is 43.4 Å². The van der Waals surface area contributed by atoms with E-state index in [0.717, 1.165) is 10.4 Å². The number of hydrogen-bond donors (Lipinski definition) is 0. The molecule has 2 aliphatic carbocycles. The molecule has 4 rings (SSSR count). The van der Waals surface area contributed by atoms with Crippen LogP contribution in [0.2, 0.25) is 39.3 Å². The molecule has 0 unspecified atom stereocenters. The van der Waals surface area contributed by atoms with Gasteiger partial charge in [-0.15, -0.1) is 0 Å². The topological polar surface area (TPSA) is 17.1 Å². The average molecular weight is 349 g/mol. The molecular formula is C21H24OSi2. The van der Waals surface area contributed by atoms with Gasteiger partial charge < -0.3 is 0 Å². The van der Waals surface area contributed by atoms with E-state index in [1.54, 1.807) is 0 Å². The Kier molecular flexibility index (Phi) is 3.08. The van der Waals surface area contributed by atoms with E-state index in [2.05, 4.69) is 75.7 Å². The van der Waals surface area contributed by atoms with Crippen molar-refractivity contribution in [1.29, 1.82) is 0 Å². The first-order chi connectivity index (χ1) is 11.1. The van der Waals surface area contributed by atoms with Crippen LogP contribution in [0, 0.1) is 0 Å². The van der Waals surface area contributed by atoms with E-state index in [1.807, 2.05) is 0 Å². The van der Waals surface area contributed by atoms with Gasteiger partial charge in [0.2, 0.25) is 0 Å². The first-order valence-electron chi connectivity index (χ1n) is 8.69. The van der Waals surface area contributed by atoms with Gasteiger partial charge in [-0.2, -0.15) is 0 Å². The van der Waals surface area contributed by atoms with Gasteiger partial charge >= 0.3 is 0 Å². The molecule has 0 atom stereocenters. The Hall–Kier alpha value is -1.72. The maximum absolute atomic E-state index is 13.5. The van der Waals surface area contributed by atoms with Crippen LogP contribution in [0.1, 0.15) is 11.1 Å². The number of carbonyl (C=O) groups excluding carboxylic acids is 1. The van der Waals surface area contributed by atoms with Crippen molar-refractivity contribution in [3.8, 4) is 0 Å². The molecule has 0 amide bonds. The van der Waals surface area contributed by atoms with Gasteiger partial charge in [0.05, 0.1) is 16.1 Å². The molecule has 0 N–H and O–H groups in total. The van der Waals surface area contributed by atoms with E-state index >= 15 is 0 Å². The molecule has 2 aliphatic rings. The number of benzene rings is 2. The summed E-state index contributed by atoms with van der Waals surface area (Å²) in [5.74, 6) is 0.366. The minimum Gasteiger partial charge on any atom is -0.290 e. The van der Waals surface area contributed by atoms with E-state index in [4.69, 9.17) is 0 Å². The summed E-state index contributed by atoms with van der Waals surface area (Å²) < 4.78 is 0. The number of rotatable bonds is 2. The van der Waals surface area contributed by atoms with Crippen LogP contribution in [-0.2, 0) is 4.79 Å². The van der Waals surface area contributed by atoms with Crippen LogP contribution in [0.5, 0.6) is 0 Å². The second-order valence-electron chi connectivity index (χ2n) is 9.04. The Morgan fingerprint density at radius 2 is 1.08 bits per heavy atom. The monoisotopic (exact) mass is 348 g/mol. The van der Waals surface area contributed by atoms with Gasteiger partial charge in [0, 0.05) is 0 Å². The molecule has 1 nitrogen and oxygen atoms in total. The summed E-state index contributed by atoms with van der Waals surface area (Å²) >= 11 is 0. The van der Waals surface area contributed by atoms with Gasteiger partial charge in [0.25, 0.3) is 0 Å². The van der Waals surface area contributed by atoms with Crippen LogP contribution in [0.4, 0.5) is 0 Å². The Labute approximate surface area is 146 Å². The molecule has 2 aromatic rings. The molecular weight excluding hydrogens is 324 g/mol. The van der Waals surface area contributed by atoms with Crippen LogP contribution >= 0.6 is 0 Å². The second-order valence-corrected chi connectivity index (χ2v) is 19.0. The summed E-state index contributed by atoms with van der Waals surface area (Å²) in [5, 5.41) is 4.94. The van der Waals surface area contributed by atoms with Crippen LogP contribution in [0.25, 0.3) is 21.9 Å². The lowest BCUT2D eigenvalue weighted by atomic mass is 10.0. The van der Waals surface area contributed by atoms with Gasteiger partial charge in [-0.25, -0.2) is 0 Å². The molecule has 2 aromatic carbocycles. The predicted octanol–water partition coefficient (Wildman–Crippen LogP) is 5.70. The fraction of sp³-hybridized carbons (Fsp3) is 0.286. The highest BCUT2D eigenvalue weighted by Gasteiger charge is 2.46. The van der Waals surface area contributed by atoms with E-state index in [-0.39, 0.29) is 0 Å². The third-order valence-corrected chi connectivity index (χ3v) is 9.10. The zero-order valence-electron chi connectivity index (χ0n) is 15.4. The van der Waals surface area contributed by atoms with Gasteiger partial charge in [-0.1, -0.05) is 75.7 Å². The molecule has 0 spiro atoms. The van der Waals surface area contributed by atoms with Crippen LogP contribution in [0.3, 0.4) is 0 Å². The normalized spacial score (nSPS) is 17.3. The zero-order valence-corrected chi connectivity index (χ0v) is 17.4. The largest absolute Gasteiger partial charge is 0.290 e. The molecule has 3 heteroatoms. The Bertz CT molecular complexity index is 904. The quantitative estimate of drug-likeness (QED) is 0.636. The number of carbonyl (C=O) groups is 1. The summed E-state index contributed by atoms with van der Waals surface area (Å²) in [7, 11) is -3.48. The number of Topliss-reactive ketones (excluding diaryl/α,β-unsaturated/α-hetero) is 1. The molecule has 0 aromatic heterocycles. The first kappa shape index (κ1) is 15.8. The maximum Gasteiger partial charge on any atom is 0.178 e. The average Bonchev–Trinajstić information content (AvgIpc) is 2.92. The van der Waals surface area contributed by atoms with E-state index in [9.17, 15) is 4.79 Å². The fourth-order valence-electron chi connectivity index (χ4n) is 4.33. The number of allylic oxidation sites excluding steroid dienone is 4. The van der Waals surface area contributed by atoms with E-state index < -0.39 is 16.1 Å². The highest BCUT2D eigenvalue weighted by atomic mass is 28.3. The third kappa shape index (κ3) is 1.94. The van der Waals surface area contributed by atoms with E-state index in [0.29, 0.717) is 5.78 Å². The smallest absolute Gasteiger partial charge is 0.178 e. The minimum atomic E-state index is -1.74. The number of fused-ring (bicyclic) bond motifs is 3. The summed E-state index contributed by atoms with van der Waals surface area (Å²) in [4.78, 5) is 13.5. The predicted molar refractivity (Wildman–Crippen MR) is 109 cm³/mol. The van der Waals surface area contributed by atoms with E-state index in [1.165, 1.54) is 33.0 Å². The Balaban J connectivity index is 2.21. The van der Waals surface area contributed by atoms with Crippen LogP contribution < -0.4 is 0 Å². The van der Waals surface area contributed by atoms with Crippen LogP contribution in [0.15, 0.2) is 46.8 Å². The summed E-state index contributed by atoms with van der Waals surface area (Å²) in [6.07, 6.45) is 0. The summed E-state index contributed by atoms with van der Waals surface area (Å²) in [6.45, 7) is 13.8. The third-order valence-electron chi connectivity index (χ3n) is 5.15. The minimum absolute atomic E-state index is 0.366. The van der Waals surface area contributed by atoms with Gasteiger partial charge in [0.1, 0.15) is 0 Å². The molecule has 0 aliphatic heterocycles. The molecule has 0 saturated heterocycles. The molecule has 24 heavy (non-hydrogen) atoms. The van der Waals surface area contributed by atoms with Gasteiger partial charge in [-0.3, -0.25) is 4.79 Å². The standard InChI is InChI=1S/C21H24OSi2/c1-23(2,3)20-17-14-11-7-9-13-10-8-12-15(16(13)14)18(17)21(19(20)22)24(4,5)6/h7-12H,1-6H3. The van der Waals surface area contributed by atoms with Crippen molar-refractivity contribution in [3.05, 3.63) is 57.9 Å². The van der Waals surface area contributed by atoms with Crippen molar-refractivity contribution < 1.29 is 4.79 Å². The highest BCUT2D eigenvalue weighted by Crippen LogP contribution is 2.55. The van der Waals surface area contributed by atoms with Crippen molar-refractivity contribution in [3.63, 3.8) is 0 Å². The molecule has 0 radical (unpaired) electrons. The number of ketones is 1. The lowest BCUT2D eigenvalue weighted by molar-refractivity contribution is -0.111. The lowest BCUT2D eigenvalue weighted by Gasteiger charge is -2.23. The van der Waals surface area contributed by atoms with Crippen molar-refractivity contribution >= 4 is 43.8 Å². The lowest BCUT2D eigenvalue weighted by Crippen LogP contribution is -2.35. The highest BCUT2D eigenvalue weighted by molar-refractivity contribution is 6.97. The van der Waals surface area contributed by atoms with Crippen molar-refractivity contribution in [1.82, 2.24) is 0 Å². The Morgan fingerprint density at radius 3 is 1.46 bits per heavy atom. The Morgan fingerprint density at radius 1 is 0.667 bits per heavy atom. The second kappa shape index (κ2) is 4.67. The van der Waals surface area contributed by atoms with Crippen molar-refractivity contribution in [2.24, 2.45) is 0 Å². The number of hydrogen-bond acceptors (Lipinski definition) is 1. The zero-order chi connectivity index (χ0) is 17.4. The molecule has 0 bridgehead atoms. The van der Waals surface area contributed by atoms with Crippen molar-refractivity contribution in [2.45, 2.75) is 39.3 Å². The summed E-state index contributed by atoms with van der Waals surface area (Å²) in [5.41, 5.74) is 5.14. The molecule has 122 valence electrons. The maximum atomic E-state index is 13.5. The van der Waals surface area contributed by atoms with Crippen LogP contribution in [-0.4, -0.2) is 21.9 Å². The molecule has 0 fully saturated rings. The summed E-state index contributed by atoms with van der Waals surface area (Å²) in [6, 6.07) is 13.1. The SMILES string of the molecule is C[Si](C)(C)C1=C2C(=C([Si](C)(C)C)C1=O)c1cccc3cccc2c13. The molecule has 0 heterocycles. The van der Waals surface area contributed by atoms with Crippen molar-refractivity contribution in [2.75, 3.05) is 0 Å².